The Balaban J connectivity index is 3.88. The maximum absolute atomic E-state index is 12.9. The van der Waals surface area contributed by atoms with Gasteiger partial charge in [0.05, 0.1) is 39.9 Å². The van der Waals surface area contributed by atoms with Crippen LogP contribution in [-0.4, -0.2) is 73.4 Å². The fourth-order valence-electron chi connectivity index (χ4n) is 9.10. The third-order valence-corrected chi connectivity index (χ3v) is 14.7. The summed E-state index contributed by atoms with van der Waals surface area (Å²) in [5.74, 6) is -0.172. The van der Waals surface area contributed by atoms with Crippen LogP contribution in [0.15, 0.2) is 12.2 Å². The molecule has 0 saturated heterocycles. The molecule has 0 aromatic rings. The summed E-state index contributed by atoms with van der Waals surface area (Å²) in [6.07, 6.45) is 62.0. The lowest BCUT2D eigenvalue weighted by molar-refractivity contribution is -0.870. The molecule has 0 aromatic heterocycles. The fraction of sp³-hybridized carbons (Fsp3) is 0.948. The quantitative estimate of drug-likeness (QED) is 0.0243. The van der Waals surface area contributed by atoms with Crippen LogP contribution in [0, 0.1) is 0 Å². The average molecular weight is 971 g/mol. The van der Waals surface area contributed by atoms with Gasteiger partial charge in [-0.15, -0.1) is 0 Å². The number of aliphatic hydroxyl groups is 1. The Morgan fingerprint density at radius 2 is 0.791 bits per heavy atom. The molecule has 67 heavy (non-hydrogen) atoms. The minimum Gasteiger partial charge on any atom is -0.387 e. The number of carbonyl (C=O) groups is 1. The van der Waals surface area contributed by atoms with Gasteiger partial charge in [0, 0.05) is 6.42 Å². The van der Waals surface area contributed by atoms with Crippen LogP contribution in [-0.2, 0) is 18.4 Å². The molecular weight excluding hydrogens is 852 g/mol. The lowest BCUT2D eigenvalue weighted by Crippen LogP contribution is -2.45. The van der Waals surface area contributed by atoms with Gasteiger partial charge in [-0.3, -0.25) is 13.8 Å². The van der Waals surface area contributed by atoms with Crippen LogP contribution < -0.4 is 5.32 Å². The highest BCUT2D eigenvalue weighted by atomic mass is 31.2. The molecule has 0 fully saturated rings. The zero-order valence-corrected chi connectivity index (χ0v) is 46.6. The molecule has 0 aliphatic heterocycles. The topological polar surface area (TPSA) is 105 Å². The van der Waals surface area contributed by atoms with E-state index in [1.807, 2.05) is 27.2 Å². The smallest absolute Gasteiger partial charge is 0.387 e. The number of carbonyl (C=O) groups excluding carboxylic acids is 1. The van der Waals surface area contributed by atoms with Crippen molar-refractivity contribution in [2.24, 2.45) is 0 Å². The normalized spacial score (nSPS) is 14.0. The van der Waals surface area contributed by atoms with Crippen LogP contribution in [0.25, 0.3) is 0 Å². The van der Waals surface area contributed by atoms with Crippen LogP contribution in [0.1, 0.15) is 303 Å². The number of hydrogen-bond acceptors (Lipinski definition) is 5. The zero-order valence-electron chi connectivity index (χ0n) is 45.7. The third-order valence-electron chi connectivity index (χ3n) is 13.8. The van der Waals surface area contributed by atoms with E-state index in [2.05, 4.69) is 19.2 Å². The zero-order chi connectivity index (χ0) is 49.2. The van der Waals surface area contributed by atoms with Gasteiger partial charge in [0.25, 0.3) is 0 Å². The molecular formula is C58H118N2O6P+. The lowest BCUT2D eigenvalue weighted by Gasteiger charge is -2.25. The second-order valence-electron chi connectivity index (χ2n) is 21.7. The van der Waals surface area contributed by atoms with Crippen molar-refractivity contribution in [1.82, 2.24) is 5.32 Å². The maximum atomic E-state index is 12.9. The molecule has 0 aliphatic carbocycles. The SMILES string of the molecule is CCCCCCCCCCC/C=C/C(O)C(COP(=O)(O)OCC[N+](C)(C)C)NC(=O)CCCCCCCCCCCCCCCCCCCCCCCCCCCCCCCCCCCC. The molecule has 0 aliphatic rings. The van der Waals surface area contributed by atoms with Crippen LogP contribution in [0.2, 0.25) is 0 Å². The van der Waals surface area contributed by atoms with Gasteiger partial charge in [-0.25, -0.2) is 4.57 Å². The number of hydrogen-bond donors (Lipinski definition) is 3. The standard InChI is InChI=1S/C58H117N2O6P/c1-6-8-10-12-14-16-18-19-20-21-22-23-24-25-26-27-28-29-30-31-32-33-34-35-36-37-38-39-40-42-44-46-48-50-52-58(62)59-56(55-66-67(63,64)65-54-53-60(3,4)5)57(61)51-49-47-45-43-41-17-15-13-11-9-7-2/h49,51,56-57,61H,6-48,50,52-55H2,1-5H3,(H-,59,62,63,64)/p+1/b51-49+. The van der Waals surface area contributed by atoms with Crippen molar-refractivity contribution in [2.75, 3.05) is 40.9 Å². The minimum atomic E-state index is -4.34. The highest BCUT2D eigenvalue weighted by Crippen LogP contribution is 2.43. The Morgan fingerprint density at radius 1 is 0.493 bits per heavy atom. The van der Waals surface area contributed by atoms with Crippen LogP contribution >= 0.6 is 7.82 Å². The van der Waals surface area contributed by atoms with E-state index in [1.165, 1.54) is 244 Å². The number of unbranched alkanes of at least 4 members (excludes halogenated alkanes) is 42. The second-order valence-corrected chi connectivity index (χ2v) is 23.2. The van der Waals surface area contributed by atoms with Gasteiger partial charge >= 0.3 is 7.82 Å². The first-order valence-electron chi connectivity index (χ1n) is 29.6. The van der Waals surface area contributed by atoms with Crippen LogP contribution in [0.5, 0.6) is 0 Å². The van der Waals surface area contributed by atoms with Crippen molar-refractivity contribution in [2.45, 2.75) is 315 Å². The maximum Gasteiger partial charge on any atom is 0.472 e. The number of phosphoric ester groups is 1. The molecule has 9 heteroatoms. The molecule has 400 valence electrons. The number of phosphoric acid groups is 1. The highest BCUT2D eigenvalue weighted by Gasteiger charge is 2.27. The van der Waals surface area contributed by atoms with E-state index in [1.54, 1.807) is 6.08 Å². The van der Waals surface area contributed by atoms with Gasteiger partial charge in [0.15, 0.2) is 0 Å². The number of rotatable bonds is 55. The minimum absolute atomic E-state index is 0.0647. The van der Waals surface area contributed by atoms with E-state index >= 15 is 0 Å². The molecule has 3 unspecified atom stereocenters. The van der Waals surface area contributed by atoms with Gasteiger partial charge in [-0.1, -0.05) is 289 Å². The number of aliphatic hydroxyl groups excluding tert-OH is 1. The summed E-state index contributed by atoms with van der Waals surface area (Å²) >= 11 is 0. The van der Waals surface area contributed by atoms with Gasteiger partial charge in [0.1, 0.15) is 13.2 Å². The number of nitrogens with one attached hydrogen (secondary N) is 1. The Bertz CT molecular complexity index is 1100. The van der Waals surface area contributed by atoms with Gasteiger partial charge in [-0.05, 0) is 19.3 Å². The Labute approximate surface area is 418 Å². The van der Waals surface area contributed by atoms with E-state index in [4.69, 9.17) is 9.05 Å². The molecule has 0 saturated carbocycles. The molecule has 0 heterocycles. The van der Waals surface area contributed by atoms with Crippen molar-refractivity contribution in [1.29, 1.82) is 0 Å². The predicted octanol–water partition coefficient (Wildman–Crippen LogP) is 17.8. The summed E-state index contributed by atoms with van der Waals surface area (Å²) in [5, 5.41) is 13.9. The van der Waals surface area contributed by atoms with Crippen molar-refractivity contribution < 1.29 is 32.9 Å². The van der Waals surface area contributed by atoms with Crippen molar-refractivity contribution in [3.63, 3.8) is 0 Å². The molecule has 8 nitrogen and oxygen atoms in total. The van der Waals surface area contributed by atoms with Crippen molar-refractivity contribution >= 4 is 13.7 Å². The summed E-state index contributed by atoms with van der Waals surface area (Å²) in [5.41, 5.74) is 0. The highest BCUT2D eigenvalue weighted by molar-refractivity contribution is 7.47. The summed E-state index contributed by atoms with van der Waals surface area (Å²) < 4.78 is 23.6. The van der Waals surface area contributed by atoms with Crippen LogP contribution in [0.3, 0.4) is 0 Å². The molecule has 1 amide bonds. The van der Waals surface area contributed by atoms with Crippen LogP contribution in [0.4, 0.5) is 0 Å². The van der Waals surface area contributed by atoms with Gasteiger partial charge in [-0.2, -0.15) is 0 Å². The monoisotopic (exact) mass is 970 g/mol. The first kappa shape index (κ1) is 66.2. The predicted molar refractivity (Wildman–Crippen MR) is 291 cm³/mol. The molecule has 3 N–H and O–H groups in total. The first-order chi connectivity index (χ1) is 32.5. The summed E-state index contributed by atoms with van der Waals surface area (Å²) in [7, 11) is 1.59. The number of quaternary nitrogens is 1. The molecule has 0 bridgehead atoms. The number of amides is 1. The number of allylic oxidation sites excluding steroid dienone is 1. The summed E-state index contributed by atoms with van der Waals surface area (Å²) in [6, 6.07) is -0.840. The second kappa shape index (κ2) is 50.2. The van der Waals surface area contributed by atoms with Gasteiger partial charge in [0.2, 0.25) is 5.91 Å². The lowest BCUT2D eigenvalue weighted by atomic mass is 10.0. The first-order valence-corrected chi connectivity index (χ1v) is 31.1. The number of nitrogens with zero attached hydrogens (tertiary/aromatic N) is 1. The number of likely N-dealkylation sites (N-methyl/N-ethyl adjacent to an activating group) is 1. The molecule has 3 atom stereocenters. The largest absolute Gasteiger partial charge is 0.472 e. The molecule has 0 radical (unpaired) electrons. The van der Waals surface area contributed by atoms with E-state index < -0.39 is 20.0 Å². The Kier molecular flexibility index (Phi) is 49.6. The molecule has 0 aromatic carbocycles. The third kappa shape index (κ3) is 52.9. The van der Waals surface area contributed by atoms with E-state index in [-0.39, 0.29) is 19.1 Å². The van der Waals surface area contributed by atoms with Crippen molar-refractivity contribution in [3.8, 4) is 0 Å². The van der Waals surface area contributed by atoms with E-state index in [9.17, 15) is 19.4 Å². The van der Waals surface area contributed by atoms with Gasteiger partial charge < -0.3 is 19.8 Å². The Hall–Kier alpha value is -0.760. The summed E-state index contributed by atoms with van der Waals surface area (Å²) in [4.78, 5) is 23.2. The van der Waals surface area contributed by atoms with E-state index in [0.29, 0.717) is 17.4 Å². The average Bonchev–Trinajstić information content (AvgIpc) is 3.29. The fourth-order valence-corrected chi connectivity index (χ4v) is 9.84. The Morgan fingerprint density at radius 3 is 1.10 bits per heavy atom. The summed E-state index contributed by atoms with van der Waals surface area (Å²) in [6.45, 7) is 4.84. The van der Waals surface area contributed by atoms with Crippen molar-refractivity contribution in [3.05, 3.63) is 12.2 Å². The molecule has 0 rings (SSSR count). The van der Waals surface area contributed by atoms with E-state index in [0.717, 1.165) is 38.5 Å². The molecule has 0 spiro atoms.